The smallest absolute Gasteiger partial charge is 0.297 e. The monoisotopic (exact) mass is 248 g/mol. The number of carbonyl (C=O) groups is 1. The number of halogens is 3. The second-order valence-corrected chi connectivity index (χ2v) is 3.79. The van der Waals surface area contributed by atoms with Crippen molar-refractivity contribution >= 4 is 17.6 Å². The summed E-state index contributed by atoms with van der Waals surface area (Å²) in [5.41, 5.74) is 0. The maximum Gasteiger partial charge on any atom is 0.455 e. The van der Waals surface area contributed by atoms with Crippen molar-refractivity contribution in [2.75, 3.05) is 0 Å². The second-order valence-electron chi connectivity index (χ2n) is 2.69. The molecule has 2 aromatic rings. The van der Waals surface area contributed by atoms with Crippen LogP contribution in [0.1, 0.15) is 15.5 Å². The standard InChI is InChI=1S/C7H3F3N4OS/c8-7(9,10)6-11-13-14(12-6)5-2-1-4(3-15)16-5/h1-3H. The average molecular weight is 248 g/mol. The van der Waals surface area contributed by atoms with E-state index in [1.54, 1.807) is 0 Å². The third-order valence-electron chi connectivity index (χ3n) is 1.59. The van der Waals surface area contributed by atoms with Crippen molar-refractivity contribution in [1.29, 1.82) is 0 Å². The van der Waals surface area contributed by atoms with Crippen molar-refractivity contribution in [1.82, 2.24) is 20.2 Å². The fourth-order valence-corrected chi connectivity index (χ4v) is 1.65. The Morgan fingerprint density at radius 2 is 2.12 bits per heavy atom. The summed E-state index contributed by atoms with van der Waals surface area (Å²) in [6.45, 7) is 0. The maximum atomic E-state index is 12.2. The summed E-state index contributed by atoms with van der Waals surface area (Å²) in [5, 5.41) is 9.58. The van der Waals surface area contributed by atoms with E-state index in [9.17, 15) is 18.0 Å². The molecule has 0 aliphatic rings. The van der Waals surface area contributed by atoms with E-state index in [4.69, 9.17) is 0 Å². The number of aldehydes is 1. The van der Waals surface area contributed by atoms with Gasteiger partial charge in [-0.05, 0) is 17.3 Å². The molecule has 84 valence electrons. The molecule has 0 radical (unpaired) electrons. The summed E-state index contributed by atoms with van der Waals surface area (Å²) >= 11 is 0.972. The average Bonchev–Trinajstić information content (AvgIpc) is 2.85. The molecule has 2 aromatic heterocycles. The second kappa shape index (κ2) is 3.67. The van der Waals surface area contributed by atoms with Crippen molar-refractivity contribution in [3.63, 3.8) is 0 Å². The zero-order valence-electron chi connectivity index (χ0n) is 7.47. The molecule has 0 fully saturated rings. The molecule has 0 atom stereocenters. The van der Waals surface area contributed by atoms with Crippen molar-refractivity contribution in [3.05, 3.63) is 22.8 Å². The minimum Gasteiger partial charge on any atom is -0.297 e. The van der Waals surface area contributed by atoms with Crippen LogP contribution >= 0.6 is 11.3 Å². The zero-order chi connectivity index (χ0) is 11.8. The molecule has 0 aromatic carbocycles. The fourth-order valence-electron chi connectivity index (χ4n) is 0.934. The van der Waals surface area contributed by atoms with Crippen LogP contribution in [0.4, 0.5) is 13.2 Å². The Bertz CT molecular complexity index is 518. The number of rotatable bonds is 2. The van der Waals surface area contributed by atoms with Gasteiger partial charge in [-0.3, -0.25) is 4.79 Å². The molecule has 5 nitrogen and oxygen atoms in total. The highest BCUT2D eigenvalue weighted by molar-refractivity contribution is 7.16. The number of hydrogen-bond donors (Lipinski definition) is 0. The lowest BCUT2D eigenvalue weighted by atomic mass is 10.5. The highest BCUT2D eigenvalue weighted by Crippen LogP contribution is 2.26. The van der Waals surface area contributed by atoms with Gasteiger partial charge in [0.05, 0.1) is 4.88 Å². The minimum atomic E-state index is -4.62. The summed E-state index contributed by atoms with van der Waals surface area (Å²) in [6, 6.07) is 2.90. The Morgan fingerprint density at radius 3 is 2.62 bits per heavy atom. The molecule has 0 aliphatic heterocycles. The van der Waals surface area contributed by atoms with Crippen LogP contribution < -0.4 is 0 Å². The molecule has 9 heteroatoms. The van der Waals surface area contributed by atoms with E-state index < -0.39 is 12.0 Å². The highest BCUT2D eigenvalue weighted by atomic mass is 32.1. The van der Waals surface area contributed by atoms with E-state index >= 15 is 0 Å². The number of alkyl halides is 3. The molecule has 0 N–H and O–H groups in total. The van der Waals surface area contributed by atoms with Crippen LogP contribution in [0.15, 0.2) is 12.1 Å². The summed E-state index contributed by atoms with van der Waals surface area (Å²) in [5.74, 6) is -1.31. The number of hydrogen-bond acceptors (Lipinski definition) is 5. The number of aromatic nitrogens is 4. The Kier molecular flexibility index (Phi) is 2.46. The summed E-state index contributed by atoms with van der Waals surface area (Å²) in [4.78, 5) is 11.5. The number of tetrazole rings is 1. The van der Waals surface area contributed by atoms with Crippen LogP contribution in [0.5, 0.6) is 0 Å². The van der Waals surface area contributed by atoms with Gasteiger partial charge in [0.1, 0.15) is 5.00 Å². The van der Waals surface area contributed by atoms with Gasteiger partial charge in [-0.25, -0.2) is 0 Å². The SMILES string of the molecule is O=Cc1ccc(-n2nnc(C(F)(F)F)n2)s1. The first-order valence-corrected chi connectivity index (χ1v) is 4.75. The van der Waals surface area contributed by atoms with E-state index in [-0.39, 0.29) is 0 Å². The number of nitrogens with zero attached hydrogens (tertiary/aromatic N) is 4. The lowest BCUT2D eigenvalue weighted by Crippen LogP contribution is -2.08. The summed E-state index contributed by atoms with van der Waals surface area (Å²) in [7, 11) is 0. The van der Waals surface area contributed by atoms with Gasteiger partial charge in [-0.1, -0.05) is 0 Å². The lowest BCUT2D eigenvalue weighted by Gasteiger charge is -1.96. The third-order valence-corrected chi connectivity index (χ3v) is 2.57. The largest absolute Gasteiger partial charge is 0.455 e. The van der Waals surface area contributed by atoms with Crippen LogP contribution in [0.3, 0.4) is 0 Å². The molecule has 2 rings (SSSR count). The first kappa shape index (κ1) is 10.7. The van der Waals surface area contributed by atoms with Crippen LogP contribution in [0, 0.1) is 0 Å². The predicted molar refractivity (Wildman–Crippen MR) is 47.4 cm³/mol. The van der Waals surface area contributed by atoms with Crippen LogP contribution in [-0.2, 0) is 6.18 Å². The van der Waals surface area contributed by atoms with E-state index in [2.05, 4.69) is 15.4 Å². The molecule has 0 saturated carbocycles. The number of thiophene rings is 1. The summed E-state index contributed by atoms with van der Waals surface area (Å²) < 4.78 is 36.5. The Balaban J connectivity index is 2.35. The Labute approximate surface area is 90.5 Å². The van der Waals surface area contributed by atoms with E-state index in [1.807, 2.05) is 0 Å². The van der Waals surface area contributed by atoms with Gasteiger partial charge < -0.3 is 0 Å². The van der Waals surface area contributed by atoms with Crippen molar-refractivity contribution in [2.45, 2.75) is 6.18 Å². The Hall–Kier alpha value is -1.77. The topological polar surface area (TPSA) is 60.7 Å². The third kappa shape index (κ3) is 1.94. The maximum absolute atomic E-state index is 12.2. The van der Waals surface area contributed by atoms with Gasteiger partial charge in [-0.15, -0.1) is 26.3 Å². The van der Waals surface area contributed by atoms with Gasteiger partial charge >= 0.3 is 6.18 Å². The van der Waals surface area contributed by atoms with Gasteiger partial charge in [0, 0.05) is 0 Å². The Morgan fingerprint density at radius 1 is 1.38 bits per heavy atom. The minimum absolute atomic E-state index is 0.296. The molecule has 0 amide bonds. The fraction of sp³-hybridized carbons (Fsp3) is 0.143. The lowest BCUT2D eigenvalue weighted by molar-refractivity contribution is -0.145. The number of carbonyl (C=O) groups excluding carboxylic acids is 1. The molecule has 0 spiro atoms. The van der Waals surface area contributed by atoms with Crippen molar-refractivity contribution in [2.24, 2.45) is 0 Å². The molecule has 16 heavy (non-hydrogen) atoms. The quantitative estimate of drug-likeness (QED) is 0.756. The first-order valence-electron chi connectivity index (χ1n) is 3.93. The predicted octanol–water partition coefficient (Wildman–Crippen LogP) is 1.56. The summed E-state index contributed by atoms with van der Waals surface area (Å²) in [6.07, 6.45) is -4.03. The van der Waals surface area contributed by atoms with Gasteiger partial charge in [-0.2, -0.15) is 13.2 Å². The molecule has 0 bridgehead atoms. The normalized spacial score (nSPS) is 11.7. The van der Waals surface area contributed by atoms with Gasteiger partial charge in [0.25, 0.3) is 5.82 Å². The zero-order valence-corrected chi connectivity index (χ0v) is 8.29. The van der Waals surface area contributed by atoms with E-state index in [0.29, 0.717) is 16.2 Å². The van der Waals surface area contributed by atoms with Crippen LogP contribution in [0.25, 0.3) is 5.00 Å². The van der Waals surface area contributed by atoms with Crippen LogP contribution in [-0.4, -0.2) is 26.5 Å². The van der Waals surface area contributed by atoms with Gasteiger partial charge in [0.2, 0.25) is 0 Å². The van der Waals surface area contributed by atoms with E-state index in [1.165, 1.54) is 12.1 Å². The van der Waals surface area contributed by atoms with Gasteiger partial charge in [0.15, 0.2) is 6.29 Å². The molecular formula is C7H3F3N4OS. The van der Waals surface area contributed by atoms with Crippen molar-refractivity contribution in [3.8, 4) is 5.00 Å². The van der Waals surface area contributed by atoms with E-state index in [0.717, 1.165) is 16.1 Å². The first-order chi connectivity index (χ1) is 7.50. The molecular weight excluding hydrogens is 245 g/mol. The molecule has 2 heterocycles. The molecule has 0 saturated heterocycles. The van der Waals surface area contributed by atoms with Crippen LogP contribution in [0.2, 0.25) is 0 Å². The molecule has 0 aliphatic carbocycles. The molecule has 0 unspecified atom stereocenters. The highest BCUT2D eigenvalue weighted by Gasteiger charge is 2.37. The van der Waals surface area contributed by atoms with Crippen molar-refractivity contribution < 1.29 is 18.0 Å².